The van der Waals surface area contributed by atoms with Gasteiger partial charge in [-0.05, 0) is 18.6 Å². The molecule has 3 heteroatoms. The highest BCUT2D eigenvalue weighted by Crippen LogP contribution is 2.35. The van der Waals surface area contributed by atoms with Gasteiger partial charge in [-0.3, -0.25) is 9.79 Å². The van der Waals surface area contributed by atoms with Gasteiger partial charge in [0.15, 0.2) is 0 Å². The SMILES string of the molecule is COc1ccc2c(c1)N=C[C@@H]2C(C)=O. The highest BCUT2D eigenvalue weighted by Gasteiger charge is 2.22. The molecule has 0 spiro atoms. The zero-order valence-electron chi connectivity index (χ0n) is 8.15. The molecule has 0 amide bonds. The first-order valence-corrected chi connectivity index (χ1v) is 4.45. The van der Waals surface area contributed by atoms with Crippen molar-refractivity contribution in [2.45, 2.75) is 12.8 Å². The molecule has 0 N–H and O–H groups in total. The Balaban J connectivity index is 2.43. The summed E-state index contributed by atoms with van der Waals surface area (Å²) in [6.07, 6.45) is 1.69. The predicted molar refractivity (Wildman–Crippen MR) is 54.6 cm³/mol. The third kappa shape index (κ3) is 1.31. The van der Waals surface area contributed by atoms with E-state index in [-0.39, 0.29) is 11.7 Å². The topological polar surface area (TPSA) is 38.7 Å². The molecule has 0 fully saturated rings. The third-order valence-electron chi connectivity index (χ3n) is 2.37. The number of fused-ring (bicyclic) bond motifs is 1. The van der Waals surface area contributed by atoms with Crippen LogP contribution in [0.4, 0.5) is 5.69 Å². The Kier molecular flexibility index (Phi) is 2.08. The lowest BCUT2D eigenvalue weighted by Gasteiger charge is -2.06. The van der Waals surface area contributed by atoms with E-state index in [9.17, 15) is 4.79 Å². The molecule has 0 saturated carbocycles. The van der Waals surface area contributed by atoms with Gasteiger partial charge >= 0.3 is 0 Å². The number of Topliss-reactive ketones (excluding diaryl/α,β-unsaturated/α-hetero) is 1. The zero-order valence-corrected chi connectivity index (χ0v) is 8.15. The number of carbonyl (C=O) groups excluding carboxylic acids is 1. The number of hydrogen-bond acceptors (Lipinski definition) is 3. The summed E-state index contributed by atoms with van der Waals surface area (Å²) in [4.78, 5) is 15.4. The molecule has 0 saturated heterocycles. The normalized spacial score (nSPS) is 18.0. The van der Waals surface area contributed by atoms with E-state index in [1.165, 1.54) is 0 Å². The Morgan fingerprint density at radius 2 is 2.29 bits per heavy atom. The van der Waals surface area contributed by atoms with Gasteiger partial charge in [0.2, 0.25) is 0 Å². The van der Waals surface area contributed by atoms with Crippen molar-refractivity contribution in [3.05, 3.63) is 23.8 Å². The minimum Gasteiger partial charge on any atom is -0.497 e. The maximum Gasteiger partial charge on any atom is 0.142 e. The molecule has 1 heterocycles. The molecule has 1 atom stereocenters. The number of nitrogens with zero attached hydrogens (tertiary/aromatic N) is 1. The van der Waals surface area contributed by atoms with E-state index in [0.717, 1.165) is 17.0 Å². The molecule has 1 aliphatic heterocycles. The molecule has 72 valence electrons. The van der Waals surface area contributed by atoms with Crippen molar-refractivity contribution in [2.24, 2.45) is 4.99 Å². The van der Waals surface area contributed by atoms with E-state index in [0.29, 0.717) is 0 Å². The van der Waals surface area contributed by atoms with E-state index in [1.807, 2.05) is 18.2 Å². The molecule has 1 aromatic rings. The van der Waals surface area contributed by atoms with Crippen LogP contribution >= 0.6 is 0 Å². The zero-order chi connectivity index (χ0) is 10.1. The summed E-state index contributed by atoms with van der Waals surface area (Å²) in [6.45, 7) is 1.58. The minimum absolute atomic E-state index is 0.123. The van der Waals surface area contributed by atoms with Crippen LogP contribution in [0.1, 0.15) is 18.4 Å². The fourth-order valence-electron chi connectivity index (χ4n) is 1.58. The van der Waals surface area contributed by atoms with E-state index in [2.05, 4.69) is 4.99 Å². The second kappa shape index (κ2) is 3.25. The average molecular weight is 189 g/mol. The van der Waals surface area contributed by atoms with E-state index < -0.39 is 0 Å². The lowest BCUT2D eigenvalue weighted by Crippen LogP contribution is -2.06. The molecule has 0 radical (unpaired) electrons. The van der Waals surface area contributed by atoms with Gasteiger partial charge in [0.25, 0.3) is 0 Å². The van der Waals surface area contributed by atoms with Crippen LogP contribution in [0, 0.1) is 0 Å². The van der Waals surface area contributed by atoms with Crippen molar-refractivity contribution in [3.8, 4) is 5.75 Å². The first kappa shape index (κ1) is 8.94. The molecule has 2 rings (SSSR count). The highest BCUT2D eigenvalue weighted by molar-refractivity contribution is 6.03. The van der Waals surface area contributed by atoms with Crippen molar-refractivity contribution in [1.29, 1.82) is 0 Å². The number of rotatable bonds is 2. The number of hydrogen-bond donors (Lipinski definition) is 0. The summed E-state index contributed by atoms with van der Waals surface area (Å²) in [5.74, 6) is 0.721. The summed E-state index contributed by atoms with van der Waals surface area (Å²) in [5, 5.41) is 0. The Hall–Kier alpha value is -1.64. The Labute approximate surface area is 82.4 Å². The minimum atomic E-state index is -0.170. The lowest BCUT2D eigenvalue weighted by molar-refractivity contribution is -0.116. The first-order valence-electron chi connectivity index (χ1n) is 4.45. The summed E-state index contributed by atoms with van der Waals surface area (Å²) in [6, 6.07) is 5.59. The maximum absolute atomic E-state index is 11.2. The van der Waals surface area contributed by atoms with Crippen LogP contribution in [0.2, 0.25) is 0 Å². The van der Waals surface area contributed by atoms with Crippen LogP contribution in [0.3, 0.4) is 0 Å². The molecule has 0 bridgehead atoms. The molecule has 0 unspecified atom stereocenters. The fraction of sp³-hybridized carbons (Fsp3) is 0.273. The molecule has 0 aromatic heterocycles. The van der Waals surface area contributed by atoms with Crippen LogP contribution in [-0.4, -0.2) is 19.1 Å². The van der Waals surface area contributed by atoms with Crippen LogP contribution < -0.4 is 4.74 Å². The highest BCUT2D eigenvalue weighted by atomic mass is 16.5. The summed E-state index contributed by atoms with van der Waals surface area (Å²) < 4.78 is 5.08. The van der Waals surface area contributed by atoms with Gasteiger partial charge < -0.3 is 4.74 Å². The largest absolute Gasteiger partial charge is 0.497 e. The fourth-order valence-corrected chi connectivity index (χ4v) is 1.58. The number of benzene rings is 1. The van der Waals surface area contributed by atoms with Crippen molar-refractivity contribution in [1.82, 2.24) is 0 Å². The van der Waals surface area contributed by atoms with Gasteiger partial charge in [-0.1, -0.05) is 6.07 Å². The standard InChI is InChI=1S/C11H11NO2/c1-7(13)10-6-12-11-5-8(14-2)3-4-9(10)11/h3-6,10H,1-2H3/t10-/m1/s1. The molecule has 1 aliphatic rings. The van der Waals surface area contributed by atoms with E-state index in [4.69, 9.17) is 4.74 Å². The Morgan fingerprint density at radius 3 is 2.93 bits per heavy atom. The van der Waals surface area contributed by atoms with Crippen LogP contribution in [0.25, 0.3) is 0 Å². The lowest BCUT2D eigenvalue weighted by atomic mass is 9.98. The van der Waals surface area contributed by atoms with Gasteiger partial charge in [-0.2, -0.15) is 0 Å². The van der Waals surface area contributed by atoms with Crippen molar-refractivity contribution >= 4 is 17.7 Å². The number of methoxy groups -OCH3 is 1. The molecular formula is C11H11NO2. The van der Waals surface area contributed by atoms with Gasteiger partial charge in [0.1, 0.15) is 11.5 Å². The number of ketones is 1. The van der Waals surface area contributed by atoms with Crippen molar-refractivity contribution in [3.63, 3.8) is 0 Å². The van der Waals surface area contributed by atoms with Crippen molar-refractivity contribution < 1.29 is 9.53 Å². The smallest absolute Gasteiger partial charge is 0.142 e. The van der Waals surface area contributed by atoms with Gasteiger partial charge in [-0.25, -0.2) is 0 Å². The second-order valence-corrected chi connectivity index (χ2v) is 3.29. The second-order valence-electron chi connectivity index (χ2n) is 3.29. The summed E-state index contributed by atoms with van der Waals surface area (Å²) in [7, 11) is 1.61. The number of carbonyl (C=O) groups is 1. The van der Waals surface area contributed by atoms with Crippen LogP contribution in [0.5, 0.6) is 5.75 Å². The molecule has 3 nitrogen and oxygen atoms in total. The third-order valence-corrected chi connectivity index (χ3v) is 2.37. The van der Waals surface area contributed by atoms with Gasteiger partial charge in [0.05, 0.1) is 18.7 Å². The van der Waals surface area contributed by atoms with Crippen LogP contribution in [0.15, 0.2) is 23.2 Å². The van der Waals surface area contributed by atoms with Crippen molar-refractivity contribution in [2.75, 3.05) is 7.11 Å². The monoisotopic (exact) mass is 189 g/mol. The number of aliphatic imine (C=N–C) groups is 1. The summed E-state index contributed by atoms with van der Waals surface area (Å²) in [5.41, 5.74) is 1.81. The predicted octanol–water partition coefficient (Wildman–Crippen LogP) is 2.08. The van der Waals surface area contributed by atoms with Gasteiger partial charge in [0, 0.05) is 12.3 Å². The Bertz CT molecular complexity index is 410. The molecule has 14 heavy (non-hydrogen) atoms. The molecule has 0 aliphatic carbocycles. The van der Waals surface area contributed by atoms with Crippen LogP contribution in [-0.2, 0) is 4.79 Å². The van der Waals surface area contributed by atoms with Gasteiger partial charge in [-0.15, -0.1) is 0 Å². The quantitative estimate of drug-likeness (QED) is 0.714. The first-order chi connectivity index (χ1) is 6.72. The molecular weight excluding hydrogens is 178 g/mol. The maximum atomic E-state index is 11.2. The van der Waals surface area contributed by atoms with E-state index >= 15 is 0 Å². The molecule has 1 aromatic carbocycles. The average Bonchev–Trinajstić information content (AvgIpc) is 2.59. The van der Waals surface area contributed by atoms with E-state index in [1.54, 1.807) is 20.2 Å². The number of ether oxygens (including phenoxy) is 1. The summed E-state index contributed by atoms with van der Waals surface area (Å²) >= 11 is 0. The Morgan fingerprint density at radius 1 is 1.50 bits per heavy atom.